The lowest BCUT2D eigenvalue weighted by Crippen LogP contribution is -2.09. The van der Waals surface area contributed by atoms with Crippen molar-refractivity contribution in [1.29, 1.82) is 0 Å². The van der Waals surface area contributed by atoms with Gasteiger partial charge in [0, 0.05) is 30.4 Å². The fraction of sp³-hybridized carbons (Fsp3) is 0.280. The first-order valence-corrected chi connectivity index (χ1v) is 11.5. The van der Waals surface area contributed by atoms with Crippen LogP contribution in [0.25, 0.3) is 28.2 Å². The third-order valence-electron chi connectivity index (χ3n) is 6.21. The van der Waals surface area contributed by atoms with Crippen LogP contribution in [0, 0.1) is 13.8 Å². The van der Waals surface area contributed by atoms with E-state index in [4.69, 9.17) is 14.2 Å². The summed E-state index contributed by atoms with van der Waals surface area (Å²) < 4.78 is 12.6. The van der Waals surface area contributed by atoms with Crippen LogP contribution in [0.1, 0.15) is 41.5 Å². The average molecular weight is 469 g/mol. The Morgan fingerprint density at radius 1 is 1.09 bits per heavy atom. The number of aryl methyl sites for hydroxylation is 2. The van der Waals surface area contributed by atoms with Crippen LogP contribution in [0.15, 0.2) is 47.5 Å². The quantitative estimate of drug-likeness (QED) is 0.372. The molecule has 5 aromatic rings. The second-order valence-electron chi connectivity index (χ2n) is 8.65. The lowest BCUT2D eigenvalue weighted by atomic mass is 10.0. The monoisotopic (exact) mass is 468 g/mol. The lowest BCUT2D eigenvalue weighted by Gasteiger charge is -2.13. The molecule has 4 heterocycles. The molecule has 1 saturated carbocycles. The molecular formula is C25H24N8O2. The molecular weight excluding hydrogens is 444 g/mol. The van der Waals surface area contributed by atoms with Gasteiger partial charge in [0.25, 0.3) is 0 Å². The third kappa shape index (κ3) is 3.86. The predicted molar refractivity (Wildman–Crippen MR) is 129 cm³/mol. The number of rotatable bonds is 7. The van der Waals surface area contributed by atoms with Gasteiger partial charge in [-0.25, -0.2) is 24.5 Å². The summed E-state index contributed by atoms with van der Waals surface area (Å²) in [5.74, 6) is 2.81. The highest BCUT2D eigenvalue weighted by Crippen LogP contribution is 2.45. The van der Waals surface area contributed by atoms with E-state index in [-0.39, 0.29) is 0 Å². The number of anilines is 1. The number of nitrogens with zero attached hydrogens (tertiary/aromatic N) is 7. The summed E-state index contributed by atoms with van der Waals surface area (Å²) in [5, 5.41) is 12.2. The Kier molecular flexibility index (Phi) is 5.13. The van der Waals surface area contributed by atoms with Gasteiger partial charge in [0.05, 0.1) is 18.5 Å². The van der Waals surface area contributed by atoms with Crippen LogP contribution in [0.2, 0.25) is 0 Å². The topological polar surface area (TPSA) is 116 Å². The fourth-order valence-electron chi connectivity index (χ4n) is 4.34. The average Bonchev–Trinajstić information content (AvgIpc) is 3.53. The van der Waals surface area contributed by atoms with Crippen molar-refractivity contribution in [1.82, 2.24) is 34.7 Å². The summed E-state index contributed by atoms with van der Waals surface area (Å²) >= 11 is 0. The first-order valence-electron chi connectivity index (χ1n) is 11.5. The molecule has 4 aromatic heterocycles. The van der Waals surface area contributed by atoms with Crippen LogP contribution >= 0.6 is 0 Å². The van der Waals surface area contributed by atoms with Gasteiger partial charge in [-0.15, -0.1) is 5.10 Å². The van der Waals surface area contributed by atoms with Crippen molar-refractivity contribution in [2.75, 3.05) is 12.4 Å². The Bertz CT molecular complexity index is 1500. The summed E-state index contributed by atoms with van der Waals surface area (Å²) in [6.45, 7) is 4.44. The molecule has 35 heavy (non-hydrogen) atoms. The first-order chi connectivity index (χ1) is 17.1. The minimum atomic E-state index is 0.386. The third-order valence-corrected chi connectivity index (χ3v) is 6.21. The van der Waals surface area contributed by atoms with Crippen molar-refractivity contribution in [2.24, 2.45) is 0 Å². The predicted octanol–water partition coefficient (Wildman–Crippen LogP) is 4.35. The van der Waals surface area contributed by atoms with Gasteiger partial charge in [0.15, 0.2) is 17.3 Å². The van der Waals surface area contributed by atoms with E-state index in [1.807, 2.05) is 13.8 Å². The molecule has 10 heteroatoms. The minimum absolute atomic E-state index is 0.386. The number of hydrogen-bond acceptors (Lipinski definition) is 9. The van der Waals surface area contributed by atoms with Crippen LogP contribution in [0.5, 0.6) is 5.88 Å². The number of fused-ring (bicyclic) bond motifs is 1. The van der Waals surface area contributed by atoms with Gasteiger partial charge < -0.3 is 14.6 Å². The van der Waals surface area contributed by atoms with Crippen molar-refractivity contribution in [3.05, 3.63) is 65.7 Å². The van der Waals surface area contributed by atoms with Gasteiger partial charge in [-0.2, -0.15) is 0 Å². The van der Waals surface area contributed by atoms with Crippen molar-refractivity contribution in [2.45, 2.75) is 39.2 Å². The minimum Gasteiger partial charge on any atom is -0.480 e. The van der Waals surface area contributed by atoms with Crippen LogP contribution in [-0.2, 0) is 6.54 Å². The fourth-order valence-corrected chi connectivity index (χ4v) is 4.34. The largest absolute Gasteiger partial charge is 0.480 e. The number of aromatic nitrogens is 7. The van der Waals surface area contributed by atoms with Crippen LogP contribution in [0.3, 0.4) is 0 Å². The molecule has 0 amide bonds. The molecule has 1 aliphatic carbocycles. The number of benzene rings is 1. The van der Waals surface area contributed by atoms with Crippen LogP contribution < -0.4 is 10.1 Å². The molecule has 10 nitrogen and oxygen atoms in total. The van der Waals surface area contributed by atoms with E-state index in [1.54, 1.807) is 24.0 Å². The maximum absolute atomic E-state index is 5.55. The summed E-state index contributed by atoms with van der Waals surface area (Å²) in [6.07, 6.45) is 7.23. The number of nitrogens with one attached hydrogen (secondary N) is 1. The van der Waals surface area contributed by atoms with E-state index >= 15 is 0 Å². The molecule has 0 aliphatic heterocycles. The highest BCUT2D eigenvalue weighted by Gasteiger charge is 2.31. The van der Waals surface area contributed by atoms with Gasteiger partial charge in [-0.05, 0) is 37.8 Å². The maximum atomic E-state index is 5.55. The standard InChI is InChI=1S/C25H24N8O2/c1-14-19(15(2)35-32-14)17-6-4-16(5-7-17)12-27-23-24-26-10-11-33(24)31-22(30-23)20-21(18-8-9-18)28-13-29-25(20)34-3/h4-7,10-11,13,18H,8-9,12H2,1-3H3,(H,27,30,31). The van der Waals surface area contributed by atoms with E-state index in [2.05, 4.69) is 54.8 Å². The van der Waals surface area contributed by atoms with E-state index in [0.29, 0.717) is 35.6 Å². The molecule has 1 aliphatic rings. The molecule has 1 N–H and O–H groups in total. The van der Waals surface area contributed by atoms with Crippen molar-refractivity contribution in [3.63, 3.8) is 0 Å². The smallest absolute Gasteiger partial charge is 0.227 e. The van der Waals surface area contributed by atoms with Crippen molar-refractivity contribution in [3.8, 4) is 28.4 Å². The lowest BCUT2D eigenvalue weighted by molar-refractivity contribution is 0.393. The second-order valence-corrected chi connectivity index (χ2v) is 8.65. The first kappa shape index (κ1) is 21.2. The maximum Gasteiger partial charge on any atom is 0.227 e. The van der Waals surface area contributed by atoms with E-state index in [9.17, 15) is 0 Å². The van der Waals surface area contributed by atoms with Crippen LogP contribution in [0.4, 0.5) is 5.82 Å². The number of methoxy groups -OCH3 is 1. The molecule has 0 saturated heterocycles. The number of hydrogen-bond donors (Lipinski definition) is 1. The number of imidazole rings is 1. The Hall–Kier alpha value is -4.34. The van der Waals surface area contributed by atoms with Gasteiger partial charge in [0.1, 0.15) is 17.7 Å². The zero-order chi connectivity index (χ0) is 23.9. The molecule has 1 fully saturated rings. The Labute approximate surface area is 201 Å². The van der Waals surface area contributed by atoms with Crippen molar-refractivity contribution < 1.29 is 9.26 Å². The number of ether oxygens (including phenoxy) is 1. The van der Waals surface area contributed by atoms with Crippen LogP contribution in [-0.4, -0.2) is 41.8 Å². The Morgan fingerprint density at radius 2 is 1.91 bits per heavy atom. The Balaban J connectivity index is 1.32. The van der Waals surface area contributed by atoms with Gasteiger partial charge >= 0.3 is 0 Å². The molecule has 176 valence electrons. The summed E-state index contributed by atoms with van der Waals surface area (Å²) in [6, 6.07) is 8.32. The zero-order valence-corrected chi connectivity index (χ0v) is 19.7. The molecule has 0 unspecified atom stereocenters. The normalized spacial score (nSPS) is 13.3. The zero-order valence-electron chi connectivity index (χ0n) is 19.7. The highest BCUT2D eigenvalue weighted by atomic mass is 16.5. The molecule has 0 radical (unpaired) electrons. The van der Waals surface area contributed by atoms with Gasteiger partial charge in [-0.3, -0.25) is 0 Å². The van der Waals surface area contributed by atoms with Gasteiger partial charge in [-0.1, -0.05) is 29.4 Å². The molecule has 6 rings (SSSR count). The summed E-state index contributed by atoms with van der Waals surface area (Å²) in [4.78, 5) is 18.1. The van der Waals surface area contributed by atoms with Crippen molar-refractivity contribution >= 4 is 11.5 Å². The van der Waals surface area contributed by atoms with Gasteiger partial charge in [0.2, 0.25) is 5.88 Å². The summed E-state index contributed by atoms with van der Waals surface area (Å²) in [7, 11) is 1.60. The second kappa shape index (κ2) is 8.46. The molecule has 1 aromatic carbocycles. The van der Waals surface area contributed by atoms with E-state index in [1.165, 1.54) is 6.33 Å². The molecule has 0 bridgehead atoms. The molecule has 0 spiro atoms. The highest BCUT2D eigenvalue weighted by molar-refractivity contribution is 5.71. The van der Waals surface area contributed by atoms with E-state index in [0.717, 1.165) is 52.2 Å². The molecule has 0 atom stereocenters. The van der Waals surface area contributed by atoms with E-state index < -0.39 is 0 Å². The summed E-state index contributed by atoms with van der Waals surface area (Å²) in [5.41, 5.74) is 6.41. The Morgan fingerprint density at radius 3 is 2.63 bits per heavy atom. The SMILES string of the molecule is COc1ncnc(C2CC2)c1-c1nc(NCc2ccc(-c3c(C)noc3C)cc2)c2nccn2n1.